The number of aliphatic hydroxyl groups is 1. The number of Topliss-reactive ketones (excluding diaryl/α,β-unsaturated/α-hetero) is 1. The number of hydrogen-bond acceptors (Lipinski definition) is 5. The smallest absolute Gasteiger partial charge is 0.181 e. The molecule has 0 amide bonds. The fraction of sp³-hybridized carbons (Fsp3) is 0.333. The molecule has 0 spiro atoms. The van der Waals surface area contributed by atoms with Crippen LogP contribution in [0.5, 0.6) is 0 Å². The fourth-order valence-electron chi connectivity index (χ4n) is 2.09. The molecule has 6 heteroatoms. The normalized spacial score (nSPS) is 12.7. The molecule has 0 unspecified atom stereocenters. The quantitative estimate of drug-likeness (QED) is 0.615. The Morgan fingerprint density at radius 3 is 2.19 bits per heavy atom. The Morgan fingerprint density at radius 2 is 1.74 bits per heavy atom. The van der Waals surface area contributed by atoms with Gasteiger partial charge < -0.3 is 16.2 Å². The minimum atomic E-state index is -0.167. The number of anilines is 1. The van der Waals surface area contributed by atoms with Gasteiger partial charge in [0, 0.05) is 11.8 Å². The van der Waals surface area contributed by atoms with E-state index in [9.17, 15) is 4.79 Å². The van der Waals surface area contributed by atoms with Crippen molar-refractivity contribution in [2.24, 2.45) is 5.73 Å². The first-order valence-electron chi connectivity index (χ1n) is 9.02. The number of ketones is 1. The fourth-order valence-corrected chi connectivity index (χ4v) is 2.09. The highest BCUT2D eigenvalue weighted by Crippen LogP contribution is 2.21. The second kappa shape index (κ2) is 12.6. The van der Waals surface area contributed by atoms with Crippen LogP contribution in [0.4, 0.5) is 5.82 Å². The summed E-state index contributed by atoms with van der Waals surface area (Å²) >= 11 is 0. The van der Waals surface area contributed by atoms with Crippen molar-refractivity contribution in [3.05, 3.63) is 71.6 Å². The second-order valence-electron chi connectivity index (χ2n) is 6.36. The van der Waals surface area contributed by atoms with Crippen molar-refractivity contribution in [2.75, 3.05) is 11.9 Å². The zero-order valence-electron chi connectivity index (χ0n) is 16.3. The molecule has 27 heavy (non-hydrogen) atoms. The monoisotopic (exact) mass is 370 g/mol. The summed E-state index contributed by atoms with van der Waals surface area (Å²) in [4.78, 5) is 11.5. The van der Waals surface area contributed by atoms with Gasteiger partial charge in [0.15, 0.2) is 5.78 Å². The first-order valence-corrected chi connectivity index (χ1v) is 9.02. The van der Waals surface area contributed by atoms with E-state index >= 15 is 0 Å². The molecule has 0 aliphatic heterocycles. The summed E-state index contributed by atoms with van der Waals surface area (Å²) in [5.41, 5.74) is 8.29. The topological polar surface area (TPSA) is 104 Å². The number of carbonyl (C=O) groups excluding carboxylic acids is 1. The van der Waals surface area contributed by atoms with Gasteiger partial charge in [-0.2, -0.15) is 5.10 Å². The summed E-state index contributed by atoms with van der Waals surface area (Å²) in [5, 5.41) is 17.9. The lowest BCUT2D eigenvalue weighted by molar-refractivity contribution is 0.100. The molecular formula is C21H30N4O2. The van der Waals surface area contributed by atoms with Gasteiger partial charge in [-0.25, -0.2) is 0 Å². The van der Waals surface area contributed by atoms with Crippen LogP contribution in [0.1, 0.15) is 44.0 Å². The first-order chi connectivity index (χ1) is 12.9. The highest BCUT2D eigenvalue weighted by atomic mass is 16.3. The molecule has 3 rings (SSSR count). The number of rotatable bonds is 4. The van der Waals surface area contributed by atoms with Crippen LogP contribution >= 0.6 is 0 Å². The lowest BCUT2D eigenvalue weighted by atomic mass is 10.0. The van der Waals surface area contributed by atoms with Gasteiger partial charge in [0.05, 0.1) is 18.3 Å². The molecule has 1 aliphatic carbocycles. The van der Waals surface area contributed by atoms with Crippen LogP contribution in [0.3, 0.4) is 0 Å². The van der Waals surface area contributed by atoms with E-state index < -0.39 is 0 Å². The van der Waals surface area contributed by atoms with Crippen LogP contribution in [-0.2, 0) is 0 Å². The van der Waals surface area contributed by atoms with E-state index in [-0.39, 0.29) is 18.4 Å². The van der Waals surface area contributed by atoms with Gasteiger partial charge in [0.1, 0.15) is 5.82 Å². The number of nitrogens with one attached hydrogen (secondary N) is 2. The van der Waals surface area contributed by atoms with E-state index in [1.807, 2.05) is 42.5 Å². The van der Waals surface area contributed by atoms with Crippen molar-refractivity contribution in [1.82, 2.24) is 10.2 Å². The molecule has 0 radical (unpaired) electrons. The number of aromatic amines is 1. The maximum Gasteiger partial charge on any atom is 0.181 e. The number of carbonyl (C=O) groups is 1. The van der Waals surface area contributed by atoms with E-state index in [1.54, 1.807) is 13.8 Å². The summed E-state index contributed by atoms with van der Waals surface area (Å²) < 4.78 is 0. The standard InChI is InChI=1S/C12H16N4O.C6H6.C3H8O/c1-8-2-4-9(5-3-8)15-12-10(7-14-16-12)11(17)6-13;1-2-4-6-5-3-1;1-3(2)4/h2,4,7H,3,5-6,13H2,1H3,(H2,14,15,16);1-6H;3-4H,1-2H3. The molecule has 6 nitrogen and oxygen atoms in total. The number of nitrogens with two attached hydrogens (primary N) is 1. The number of aliphatic hydroxyl groups excluding tert-OH is 1. The zero-order valence-corrected chi connectivity index (χ0v) is 16.3. The largest absolute Gasteiger partial charge is 0.394 e. The second-order valence-corrected chi connectivity index (χ2v) is 6.36. The molecule has 1 aromatic heterocycles. The summed E-state index contributed by atoms with van der Waals surface area (Å²) in [6, 6.07) is 12.0. The Kier molecular flexibility index (Phi) is 10.4. The van der Waals surface area contributed by atoms with Crippen LogP contribution in [0.25, 0.3) is 0 Å². The van der Waals surface area contributed by atoms with Gasteiger partial charge in [-0.3, -0.25) is 9.89 Å². The first kappa shape index (κ1) is 22.3. The number of benzene rings is 1. The summed E-state index contributed by atoms with van der Waals surface area (Å²) in [6.07, 6.45) is 7.41. The van der Waals surface area contributed by atoms with Crippen molar-refractivity contribution in [3.8, 4) is 0 Å². The predicted octanol–water partition coefficient (Wildman–Crippen LogP) is 3.66. The number of nitrogens with zero attached hydrogens (tertiary/aromatic N) is 1. The molecule has 0 atom stereocenters. The van der Waals surface area contributed by atoms with Crippen LogP contribution < -0.4 is 11.1 Å². The third-order valence-corrected chi connectivity index (χ3v) is 3.44. The van der Waals surface area contributed by atoms with E-state index in [0.29, 0.717) is 11.4 Å². The summed E-state index contributed by atoms with van der Waals surface area (Å²) in [7, 11) is 0. The molecule has 1 aromatic carbocycles. The molecule has 5 N–H and O–H groups in total. The highest BCUT2D eigenvalue weighted by Gasteiger charge is 2.13. The maximum absolute atomic E-state index is 11.5. The zero-order chi connectivity index (χ0) is 20.1. The number of hydrogen-bond donors (Lipinski definition) is 4. The molecule has 0 fully saturated rings. The lowest BCUT2D eigenvalue weighted by Gasteiger charge is -2.13. The lowest BCUT2D eigenvalue weighted by Crippen LogP contribution is -2.15. The third kappa shape index (κ3) is 9.53. The summed E-state index contributed by atoms with van der Waals surface area (Å²) in [5.74, 6) is 0.504. The van der Waals surface area contributed by atoms with Gasteiger partial charge in [0.25, 0.3) is 0 Å². The number of allylic oxidation sites excluding steroid dienone is 4. The number of H-pyrrole nitrogens is 1. The molecule has 0 saturated heterocycles. The van der Waals surface area contributed by atoms with E-state index in [2.05, 4.69) is 28.5 Å². The minimum Gasteiger partial charge on any atom is -0.394 e. The van der Waals surface area contributed by atoms with E-state index in [1.165, 1.54) is 11.8 Å². The van der Waals surface area contributed by atoms with E-state index in [0.717, 1.165) is 18.5 Å². The maximum atomic E-state index is 11.5. The van der Waals surface area contributed by atoms with Gasteiger partial charge in [-0.1, -0.05) is 48.0 Å². The molecule has 1 heterocycles. The van der Waals surface area contributed by atoms with Crippen molar-refractivity contribution in [2.45, 2.75) is 39.7 Å². The van der Waals surface area contributed by atoms with E-state index in [4.69, 9.17) is 10.8 Å². The molecule has 146 valence electrons. The van der Waals surface area contributed by atoms with Crippen molar-refractivity contribution >= 4 is 11.6 Å². The molecule has 0 bridgehead atoms. The Labute approximate surface area is 161 Å². The van der Waals surface area contributed by atoms with Crippen LogP contribution in [0.15, 0.2) is 66.0 Å². The Hall–Kier alpha value is -2.70. The van der Waals surface area contributed by atoms with Crippen LogP contribution in [-0.4, -0.2) is 33.7 Å². The van der Waals surface area contributed by atoms with Gasteiger partial charge in [-0.15, -0.1) is 0 Å². The van der Waals surface area contributed by atoms with Crippen LogP contribution in [0.2, 0.25) is 0 Å². The Balaban J connectivity index is 0.000000299. The third-order valence-electron chi connectivity index (χ3n) is 3.44. The molecular weight excluding hydrogens is 340 g/mol. The van der Waals surface area contributed by atoms with Gasteiger partial charge in [-0.05, 0) is 39.7 Å². The van der Waals surface area contributed by atoms with Crippen LogP contribution in [0, 0.1) is 0 Å². The minimum absolute atomic E-state index is 0.00767. The van der Waals surface area contributed by atoms with Gasteiger partial charge >= 0.3 is 0 Å². The average Bonchev–Trinajstić information content (AvgIpc) is 3.12. The molecule has 1 aliphatic rings. The summed E-state index contributed by atoms with van der Waals surface area (Å²) in [6.45, 7) is 5.54. The van der Waals surface area contributed by atoms with Crippen molar-refractivity contribution in [1.29, 1.82) is 0 Å². The molecule has 0 saturated carbocycles. The predicted molar refractivity (Wildman–Crippen MR) is 110 cm³/mol. The number of aromatic nitrogens is 2. The molecule has 2 aromatic rings. The average molecular weight is 370 g/mol. The Morgan fingerprint density at radius 1 is 1.19 bits per heavy atom. The van der Waals surface area contributed by atoms with Gasteiger partial charge in [0.2, 0.25) is 0 Å². The van der Waals surface area contributed by atoms with Crippen molar-refractivity contribution < 1.29 is 9.90 Å². The van der Waals surface area contributed by atoms with Crippen molar-refractivity contribution in [3.63, 3.8) is 0 Å². The highest BCUT2D eigenvalue weighted by molar-refractivity contribution is 6.01. The SMILES string of the molecule is CC(C)O.CC1=CC=C(Nc2[nH]ncc2C(=O)CN)CC1.c1ccccc1. The Bertz CT molecular complexity index is 704.